The number of ether oxygens (including phenoxy) is 8. The summed E-state index contributed by atoms with van der Waals surface area (Å²) in [5.41, 5.74) is -1.13. The molecule has 0 bridgehead atoms. The second-order valence-corrected chi connectivity index (χ2v) is 15.7. The first-order valence-electron chi connectivity index (χ1n) is 19.5. The maximum atomic E-state index is 12.3. The van der Waals surface area contributed by atoms with Crippen LogP contribution in [0.3, 0.4) is 0 Å². The van der Waals surface area contributed by atoms with Gasteiger partial charge in [0.25, 0.3) is 0 Å². The van der Waals surface area contributed by atoms with Crippen molar-refractivity contribution in [2.75, 3.05) is 33.0 Å². The summed E-state index contributed by atoms with van der Waals surface area (Å²) in [7, 11) is 0. The number of thiol groups is 1. The Hall–Kier alpha value is -1.63. The van der Waals surface area contributed by atoms with Crippen molar-refractivity contribution in [1.29, 1.82) is 0 Å². The van der Waals surface area contributed by atoms with Crippen molar-refractivity contribution >= 4 is 24.4 Å². The van der Waals surface area contributed by atoms with Crippen molar-refractivity contribution in [1.82, 2.24) is 10.6 Å². The molecule has 0 aromatic heterocycles. The van der Waals surface area contributed by atoms with E-state index in [4.69, 9.17) is 37.9 Å². The lowest BCUT2D eigenvalue weighted by Gasteiger charge is -2.48. The lowest BCUT2D eigenvalue weighted by Crippen LogP contribution is -2.69. The number of aliphatic hydroxyl groups is 15. The number of carbonyl (C=O) groups excluding carboxylic acids is 2. The van der Waals surface area contributed by atoms with E-state index in [0.29, 0.717) is 0 Å². The average Bonchev–Trinajstić information content (AvgIpc) is 3.23. The highest BCUT2D eigenvalue weighted by Crippen LogP contribution is 2.33. The quantitative estimate of drug-likeness (QED) is 0.0422. The predicted octanol–water partition coefficient (Wildman–Crippen LogP) is -10.7. The molecule has 24 atom stereocenters. The molecule has 4 aliphatic rings. The van der Waals surface area contributed by atoms with Crippen LogP contribution in [0.5, 0.6) is 0 Å². The van der Waals surface area contributed by atoms with Crippen LogP contribution in [0.2, 0.25) is 0 Å². The van der Waals surface area contributed by atoms with E-state index < -0.39 is 198 Å². The summed E-state index contributed by atoms with van der Waals surface area (Å²) in [6, 6.07) is -2.87. The summed E-state index contributed by atoms with van der Waals surface area (Å²) in [5, 5.41) is 163. The van der Waals surface area contributed by atoms with Gasteiger partial charge in [0.2, 0.25) is 11.8 Å². The molecule has 4 saturated heterocycles. The highest BCUT2D eigenvalue weighted by Gasteiger charge is 2.54. The summed E-state index contributed by atoms with van der Waals surface area (Å²) in [5.74, 6) is -1.38. The number of amides is 2. The smallest absolute Gasteiger partial charge is 0.217 e. The Balaban J connectivity index is 1.56. The van der Waals surface area contributed by atoms with Gasteiger partial charge in [0.15, 0.2) is 25.2 Å². The fourth-order valence-corrected chi connectivity index (χ4v) is 7.75. The predicted molar refractivity (Wildman–Crippen MR) is 198 cm³/mol. The summed E-state index contributed by atoms with van der Waals surface area (Å²) in [6.07, 6.45) is -39.7. The van der Waals surface area contributed by atoms with Crippen LogP contribution in [0, 0.1) is 0 Å². The average molecular weight is 929 g/mol. The zero-order valence-electron chi connectivity index (χ0n) is 33.3. The standard InChI is InChI=1S/C34H60N2O25S/c1-9(41)35-16-20(46)28(14(7-39)57-31(16)61-29-15(8-40)58-34(62)17(21(29)47)36-10(2)42)59-30(53)26(52)27(60-33-25(51)23(49)19(45)13(6-38)56-33)11(43)3-4-54-32-24(50)22(48)18(44)12(5-37)55-32/h11-34,37-40,43-53,62H,3-8H2,1-2H3,(H,35,41)(H,36,42). The molecule has 24 unspecified atom stereocenters. The molecule has 0 saturated carbocycles. The Bertz CT molecular complexity index is 1390. The normalized spacial score (nSPS) is 43.6. The molecule has 4 aliphatic heterocycles. The molecule has 0 aromatic carbocycles. The molecular weight excluding hydrogens is 868 g/mol. The number of nitrogens with one attached hydrogen (secondary N) is 2. The Kier molecular flexibility index (Phi) is 20.3. The number of aliphatic hydroxyl groups excluding tert-OH is 15. The second-order valence-electron chi connectivity index (χ2n) is 15.2. The van der Waals surface area contributed by atoms with Crippen molar-refractivity contribution in [2.24, 2.45) is 0 Å². The Morgan fingerprint density at radius 3 is 1.58 bits per heavy atom. The largest absolute Gasteiger partial charge is 0.394 e. The molecule has 17 N–H and O–H groups in total. The molecule has 0 aromatic rings. The third-order valence-electron chi connectivity index (χ3n) is 10.7. The van der Waals surface area contributed by atoms with Gasteiger partial charge in [-0.3, -0.25) is 9.59 Å². The molecule has 4 fully saturated rings. The maximum absolute atomic E-state index is 12.3. The van der Waals surface area contributed by atoms with Gasteiger partial charge in [-0.15, -0.1) is 12.6 Å². The van der Waals surface area contributed by atoms with E-state index in [2.05, 4.69) is 23.3 Å². The minimum atomic E-state index is -2.56. The lowest BCUT2D eigenvalue weighted by molar-refractivity contribution is -0.348. The van der Waals surface area contributed by atoms with Crippen LogP contribution in [0.25, 0.3) is 0 Å². The van der Waals surface area contributed by atoms with Crippen LogP contribution in [-0.4, -0.2) is 268 Å². The highest BCUT2D eigenvalue weighted by molar-refractivity contribution is 7.80. The van der Waals surface area contributed by atoms with Crippen LogP contribution < -0.4 is 10.6 Å². The van der Waals surface area contributed by atoms with Gasteiger partial charge >= 0.3 is 0 Å². The zero-order chi connectivity index (χ0) is 46.3. The van der Waals surface area contributed by atoms with Gasteiger partial charge in [-0.2, -0.15) is 0 Å². The minimum Gasteiger partial charge on any atom is -0.394 e. The van der Waals surface area contributed by atoms with Crippen molar-refractivity contribution in [3.63, 3.8) is 0 Å². The van der Waals surface area contributed by atoms with Crippen LogP contribution in [-0.2, 0) is 47.5 Å². The third kappa shape index (κ3) is 12.4. The topological polar surface area (TPSA) is 435 Å². The van der Waals surface area contributed by atoms with Gasteiger partial charge in [0, 0.05) is 13.8 Å². The molecule has 4 rings (SSSR count). The summed E-state index contributed by atoms with van der Waals surface area (Å²) in [6.45, 7) is -1.90. The van der Waals surface area contributed by atoms with Gasteiger partial charge in [-0.1, -0.05) is 0 Å². The Labute approximate surface area is 358 Å². The SMILES string of the molecule is CC(=O)NC1C(S)OC(CO)C(OC2OC(CO)C(OC(O)C(O)C(OC3OC(CO)C(O)C(O)C3O)C(O)CCOC3OC(CO)C(O)C(O)C3O)C(O)C2NC(C)=O)C1O. The lowest BCUT2D eigenvalue weighted by atomic mass is 9.94. The van der Waals surface area contributed by atoms with E-state index in [1.54, 1.807) is 0 Å². The van der Waals surface area contributed by atoms with E-state index in [0.717, 1.165) is 13.8 Å². The van der Waals surface area contributed by atoms with Crippen molar-refractivity contribution in [3.05, 3.63) is 0 Å². The van der Waals surface area contributed by atoms with Crippen molar-refractivity contribution in [3.8, 4) is 0 Å². The fourth-order valence-electron chi connectivity index (χ4n) is 7.35. The number of hydrogen-bond acceptors (Lipinski definition) is 26. The maximum Gasteiger partial charge on any atom is 0.217 e. The molecule has 0 radical (unpaired) electrons. The first-order chi connectivity index (χ1) is 29.2. The van der Waals surface area contributed by atoms with Crippen LogP contribution in [0.15, 0.2) is 0 Å². The summed E-state index contributed by atoms with van der Waals surface area (Å²) < 4.78 is 44.5. The van der Waals surface area contributed by atoms with Gasteiger partial charge in [-0.05, 0) is 6.42 Å². The molecule has 27 nitrogen and oxygen atoms in total. The molecule has 362 valence electrons. The fraction of sp³-hybridized carbons (Fsp3) is 0.941. The van der Waals surface area contributed by atoms with E-state index >= 15 is 0 Å². The monoisotopic (exact) mass is 928 g/mol. The minimum absolute atomic E-state index is 0.589. The molecule has 4 heterocycles. The van der Waals surface area contributed by atoms with Gasteiger partial charge in [0.05, 0.1) is 45.2 Å². The van der Waals surface area contributed by atoms with Crippen LogP contribution in [0.4, 0.5) is 0 Å². The van der Waals surface area contributed by atoms with Crippen LogP contribution >= 0.6 is 12.6 Å². The number of carbonyl (C=O) groups is 2. The molecular formula is C34H60N2O25S. The third-order valence-corrected chi connectivity index (χ3v) is 11.2. The van der Waals surface area contributed by atoms with Gasteiger partial charge < -0.3 is 125 Å². The first kappa shape index (κ1) is 53.0. The number of hydrogen-bond donors (Lipinski definition) is 18. The van der Waals surface area contributed by atoms with Crippen molar-refractivity contribution < 1.29 is 124 Å². The van der Waals surface area contributed by atoms with Gasteiger partial charge in [0.1, 0.15) is 109 Å². The van der Waals surface area contributed by atoms with Crippen molar-refractivity contribution in [2.45, 2.75) is 167 Å². The highest BCUT2D eigenvalue weighted by atomic mass is 32.1. The van der Waals surface area contributed by atoms with E-state index in [-0.39, 0.29) is 0 Å². The van der Waals surface area contributed by atoms with E-state index in [9.17, 15) is 86.2 Å². The zero-order valence-corrected chi connectivity index (χ0v) is 34.2. The van der Waals surface area contributed by atoms with Gasteiger partial charge in [-0.25, -0.2) is 0 Å². The molecule has 2 amide bonds. The number of rotatable bonds is 19. The summed E-state index contributed by atoms with van der Waals surface area (Å²) >= 11 is 4.21. The molecule has 62 heavy (non-hydrogen) atoms. The van der Waals surface area contributed by atoms with E-state index in [1.807, 2.05) is 0 Å². The summed E-state index contributed by atoms with van der Waals surface area (Å²) in [4.78, 5) is 24.2. The molecule has 28 heteroatoms. The van der Waals surface area contributed by atoms with Crippen LogP contribution in [0.1, 0.15) is 20.3 Å². The second kappa shape index (κ2) is 23.7. The Morgan fingerprint density at radius 2 is 1.05 bits per heavy atom. The van der Waals surface area contributed by atoms with E-state index in [1.165, 1.54) is 0 Å². The molecule has 0 spiro atoms. The Morgan fingerprint density at radius 1 is 0.581 bits per heavy atom. The first-order valence-corrected chi connectivity index (χ1v) is 20.1. The molecule has 0 aliphatic carbocycles.